The van der Waals surface area contributed by atoms with Gasteiger partial charge in [0.2, 0.25) is 0 Å². The summed E-state index contributed by atoms with van der Waals surface area (Å²) in [5.41, 5.74) is 1.61. The number of hydrogen-bond acceptors (Lipinski definition) is 5. The van der Waals surface area contributed by atoms with Crippen LogP contribution in [0, 0.1) is 11.3 Å². The van der Waals surface area contributed by atoms with E-state index in [1.807, 2.05) is 7.11 Å². The fraction of sp³-hybridized carbons (Fsp3) is 0.895. The fourth-order valence-electron chi connectivity index (χ4n) is 5.19. The molecule has 6 heteroatoms. The molecule has 2 saturated heterocycles. The normalized spacial score (nSPS) is 28.0. The van der Waals surface area contributed by atoms with Gasteiger partial charge in [-0.3, -0.25) is 9.58 Å². The van der Waals surface area contributed by atoms with Gasteiger partial charge in [0.05, 0.1) is 11.8 Å². The summed E-state index contributed by atoms with van der Waals surface area (Å²) in [5.74, 6) is 0.739. The highest BCUT2D eigenvalue weighted by Crippen LogP contribution is 2.50. The van der Waals surface area contributed by atoms with E-state index in [0.29, 0.717) is 11.5 Å². The molecule has 0 amide bonds. The van der Waals surface area contributed by atoms with Crippen molar-refractivity contribution in [3.63, 3.8) is 0 Å². The van der Waals surface area contributed by atoms with Crippen LogP contribution < -0.4 is 0 Å². The first kappa shape index (κ1) is 17.4. The Morgan fingerprint density at radius 2 is 2.00 bits per heavy atom. The van der Waals surface area contributed by atoms with Gasteiger partial charge in [0.25, 0.3) is 0 Å². The van der Waals surface area contributed by atoms with Crippen molar-refractivity contribution in [2.45, 2.75) is 64.1 Å². The van der Waals surface area contributed by atoms with Crippen LogP contribution in [0.1, 0.15) is 50.6 Å². The molecule has 1 aromatic rings. The van der Waals surface area contributed by atoms with E-state index < -0.39 is 0 Å². The minimum absolute atomic E-state index is 0.435. The Balaban J connectivity index is 1.32. The lowest BCUT2D eigenvalue weighted by Crippen LogP contribution is -2.36. The molecule has 0 bridgehead atoms. The maximum Gasteiger partial charge on any atom is 0.0967 e. The molecule has 6 nitrogen and oxygen atoms in total. The first-order valence-corrected chi connectivity index (χ1v) is 9.99. The average Bonchev–Trinajstić information content (AvgIpc) is 3.24. The predicted octanol–water partition coefficient (Wildman–Crippen LogP) is 2.49. The Kier molecular flexibility index (Phi) is 5.39. The molecule has 0 aromatic carbocycles. The van der Waals surface area contributed by atoms with E-state index in [0.717, 1.165) is 63.8 Å². The van der Waals surface area contributed by atoms with Crippen LogP contribution in [0.15, 0.2) is 6.20 Å². The molecule has 3 heterocycles. The number of aromatic nitrogens is 3. The van der Waals surface area contributed by atoms with Gasteiger partial charge in [0.1, 0.15) is 0 Å². The van der Waals surface area contributed by atoms with Gasteiger partial charge in [-0.1, -0.05) is 11.6 Å². The van der Waals surface area contributed by atoms with Crippen molar-refractivity contribution in [3.05, 3.63) is 11.9 Å². The zero-order chi connectivity index (χ0) is 17.1. The lowest BCUT2D eigenvalue weighted by Gasteiger charge is -2.38. The van der Waals surface area contributed by atoms with E-state index in [2.05, 4.69) is 26.1 Å². The summed E-state index contributed by atoms with van der Waals surface area (Å²) < 4.78 is 13.2. The lowest BCUT2D eigenvalue weighted by atomic mass is 9.72. The summed E-state index contributed by atoms with van der Waals surface area (Å²) >= 11 is 0. The SMILES string of the molecule is COC1CCN(Cc2cn(CC3CCCC34CCOCC4)nn2)CC1. The van der Waals surface area contributed by atoms with Gasteiger partial charge < -0.3 is 9.47 Å². The molecule has 1 unspecified atom stereocenters. The quantitative estimate of drug-likeness (QED) is 0.818. The second-order valence-corrected chi connectivity index (χ2v) is 8.21. The van der Waals surface area contributed by atoms with Crippen molar-refractivity contribution in [2.75, 3.05) is 33.4 Å². The van der Waals surface area contributed by atoms with Crippen LogP contribution in [-0.2, 0) is 22.6 Å². The zero-order valence-electron chi connectivity index (χ0n) is 15.5. The van der Waals surface area contributed by atoms with E-state index in [9.17, 15) is 0 Å². The maximum absolute atomic E-state index is 5.61. The molecule has 1 atom stereocenters. The summed E-state index contributed by atoms with van der Waals surface area (Å²) in [6.07, 6.45) is 11.4. The molecule has 0 radical (unpaired) electrons. The number of hydrogen-bond donors (Lipinski definition) is 0. The molecular formula is C19H32N4O2. The first-order valence-electron chi connectivity index (χ1n) is 9.99. The minimum Gasteiger partial charge on any atom is -0.381 e. The third-order valence-electron chi connectivity index (χ3n) is 6.83. The maximum atomic E-state index is 5.61. The van der Waals surface area contributed by atoms with E-state index in [-0.39, 0.29) is 0 Å². The fourth-order valence-corrected chi connectivity index (χ4v) is 5.19. The summed E-state index contributed by atoms with van der Waals surface area (Å²) in [7, 11) is 1.82. The van der Waals surface area contributed by atoms with Crippen LogP contribution in [0.5, 0.6) is 0 Å². The molecule has 0 N–H and O–H groups in total. The Hall–Kier alpha value is -0.980. The molecule has 2 aliphatic heterocycles. The van der Waals surface area contributed by atoms with Gasteiger partial charge in [-0.25, -0.2) is 0 Å². The van der Waals surface area contributed by atoms with Gasteiger partial charge in [0, 0.05) is 52.7 Å². The van der Waals surface area contributed by atoms with Crippen LogP contribution in [-0.4, -0.2) is 59.4 Å². The highest BCUT2D eigenvalue weighted by atomic mass is 16.5. The molecule has 140 valence electrons. The Morgan fingerprint density at radius 1 is 1.20 bits per heavy atom. The van der Waals surface area contributed by atoms with Gasteiger partial charge >= 0.3 is 0 Å². The summed E-state index contributed by atoms with van der Waals surface area (Å²) in [4.78, 5) is 2.47. The third kappa shape index (κ3) is 3.91. The minimum atomic E-state index is 0.435. The van der Waals surface area contributed by atoms with Crippen molar-refractivity contribution in [1.82, 2.24) is 19.9 Å². The van der Waals surface area contributed by atoms with Crippen LogP contribution >= 0.6 is 0 Å². The molecule has 3 aliphatic rings. The van der Waals surface area contributed by atoms with E-state index in [4.69, 9.17) is 9.47 Å². The van der Waals surface area contributed by atoms with Crippen LogP contribution in [0.2, 0.25) is 0 Å². The third-order valence-corrected chi connectivity index (χ3v) is 6.83. The second-order valence-electron chi connectivity index (χ2n) is 8.21. The van der Waals surface area contributed by atoms with E-state index >= 15 is 0 Å². The van der Waals surface area contributed by atoms with Crippen LogP contribution in [0.3, 0.4) is 0 Å². The number of piperidine rings is 1. The summed E-state index contributed by atoms with van der Waals surface area (Å²) in [6, 6.07) is 0. The van der Waals surface area contributed by atoms with Gasteiger partial charge in [0.15, 0.2) is 0 Å². The van der Waals surface area contributed by atoms with E-state index in [1.54, 1.807) is 0 Å². The summed E-state index contributed by atoms with van der Waals surface area (Å²) in [5, 5.41) is 8.88. The lowest BCUT2D eigenvalue weighted by molar-refractivity contribution is -0.0104. The smallest absolute Gasteiger partial charge is 0.0967 e. The Labute approximate surface area is 150 Å². The largest absolute Gasteiger partial charge is 0.381 e. The van der Waals surface area contributed by atoms with Crippen molar-refractivity contribution < 1.29 is 9.47 Å². The first-order chi connectivity index (χ1) is 12.3. The molecule has 1 aliphatic carbocycles. The molecular weight excluding hydrogens is 316 g/mol. The van der Waals surface area contributed by atoms with Crippen LogP contribution in [0.4, 0.5) is 0 Å². The molecule has 1 spiro atoms. The molecule has 1 saturated carbocycles. The van der Waals surface area contributed by atoms with Crippen molar-refractivity contribution in [3.8, 4) is 0 Å². The van der Waals surface area contributed by atoms with Gasteiger partial charge in [-0.15, -0.1) is 5.10 Å². The monoisotopic (exact) mass is 348 g/mol. The molecule has 3 fully saturated rings. The van der Waals surface area contributed by atoms with Gasteiger partial charge in [-0.2, -0.15) is 0 Å². The van der Waals surface area contributed by atoms with Crippen molar-refractivity contribution in [2.24, 2.45) is 11.3 Å². The van der Waals surface area contributed by atoms with Crippen molar-refractivity contribution in [1.29, 1.82) is 0 Å². The number of rotatable bonds is 5. The topological polar surface area (TPSA) is 52.4 Å². The molecule has 25 heavy (non-hydrogen) atoms. The van der Waals surface area contributed by atoms with Crippen LogP contribution in [0.25, 0.3) is 0 Å². The highest BCUT2D eigenvalue weighted by molar-refractivity contribution is 4.96. The predicted molar refractivity (Wildman–Crippen MR) is 95.2 cm³/mol. The number of likely N-dealkylation sites (tertiary alicyclic amines) is 1. The number of methoxy groups -OCH3 is 1. The average molecular weight is 348 g/mol. The Morgan fingerprint density at radius 3 is 2.76 bits per heavy atom. The molecule has 4 rings (SSSR count). The zero-order valence-corrected chi connectivity index (χ0v) is 15.5. The second kappa shape index (κ2) is 7.72. The van der Waals surface area contributed by atoms with Crippen molar-refractivity contribution >= 4 is 0 Å². The number of nitrogens with zero attached hydrogens (tertiary/aromatic N) is 4. The highest BCUT2D eigenvalue weighted by Gasteiger charge is 2.43. The number of ether oxygens (including phenoxy) is 2. The standard InChI is InChI=1S/C19H32N4O2/c1-24-18-4-9-22(10-5-18)14-17-15-23(21-20-17)13-16-3-2-6-19(16)7-11-25-12-8-19/h15-16,18H,2-14H2,1H3. The molecule has 1 aromatic heterocycles. The summed E-state index contributed by atoms with van der Waals surface area (Å²) in [6.45, 7) is 6.01. The Bertz CT molecular complexity index is 547. The van der Waals surface area contributed by atoms with Gasteiger partial charge in [-0.05, 0) is 49.9 Å². The van der Waals surface area contributed by atoms with E-state index in [1.165, 1.54) is 32.1 Å².